The van der Waals surface area contributed by atoms with Gasteiger partial charge in [-0.25, -0.2) is 4.98 Å². The minimum Gasteiger partial charge on any atom is -0.356 e. The molecule has 3 rings (SSSR count). The zero-order valence-corrected chi connectivity index (χ0v) is 17.8. The summed E-state index contributed by atoms with van der Waals surface area (Å²) in [5, 5.41) is 3.58. The minimum atomic E-state index is -0.0342. The average Bonchev–Trinajstić information content (AvgIpc) is 3.16. The van der Waals surface area contributed by atoms with Gasteiger partial charge in [0.1, 0.15) is 0 Å². The van der Waals surface area contributed by atoms with Crippen LogP contribution in [-0.2, 0) is 11.2 Å². The van der Waals surface area contributed by atoms with Crippen LogP contribution in [0.25, 0.3) is 5.69 Å². The Bertz CT molecular complexity index is 1010. The molecule has 0 aliphatic carbocycles. The molecule has 150 valence electrons. The zero-order valence-electron chi connectivity index (χ0n) is 16.9. The number of imidazole rings is 1. The maximum atomic E-state index is 12.6. The molecule has 3 aromatic rings. The number of rotatable bonds is 8. The van der Waals surface area contributed by atoms with E-state index < -0.39 is 0 Å². The lowest BCUT2D eigenvalue weighted by molar-refractivity contribution is -0.118. The first-order valence-corrected chi connectivity index (χ1v) is 10.5. The Labute approximate surface area is 175 Å². The number of thioether (sulfide) groups is 1. The molecule has 0 saturated carbocycles. The van der Waals surface area contributed by atoms with Crippen LogP contribution in [0.1, 0.15) is 34.0 Å². The van der Waals surface area contributed by atoms with Crippen molar-refractivity contribution in [3.63, 3.8) is 0 Å². The van der Waals surface area contributed by atoms with E-state index in [2.05, 4.69) is 42.3 Å². The molecule has 1 N–H and O–H groups in total. The molecule has 0 aliphatic rings. The number of hydrogen-bond donors (Lipinski definition) is 1. The van der Waals surface area contributed by atoms with E-state index in [1.807, 2.05) is 35.0 Å². The van der Waals surface area contributed by atoms with Crippen molar-refractivity contribution in [2.24, 2.45) is 0 Å². The van der Waals surface area contributed by atoms with Crippen molar-refractivity contribution in [2.75, 3.05) is 12.3 Å². The fraction of sp³-hybridized carbons (Fsp3) is 0.261. The molecule has 1 aromatic heterocycles. The van der Waals surface area contributed by atoms with Crippen LogP contribution in [0.15, 0.2) is 60.0 Å². The van der Waals surface area contributed by atoms with Crippen molar-refractivity contribution in [1.29, 1.82) is 0 Å². The van der Waals surface area contributed by atoms with E-state index in [-0.39, 0.29) is 11.7 Å². The molecule has 0 aliphatic heterocycles. The lowest BCUT2D eigenvalue weighted by Gasteiger charge is -2.11. The summed E-state index contributed by atoms with van der Waals surface area (Å²) >= 11 is 1.44. The van der Waals surface area contributed by atoms with Crippen molar-refractivity contribution >= 4 is 23.5 Å². The Morgan fingerprint density at radius 3 is 2.59 bits per heavy atom. The van der Waals surface area contributed by atoms with Gasteiger partial charge in [-0.05, 0) is 43.0 Å². The molecule has 0 bridgehead atoms. The van der Waals surface area contributed by atoms with Gasteiger partial charge in [0, 0.05) is 31.4 Å². The summed E-state index contributed by atoms with van der Waals surface area (Å²) in [6, 6.07) is 13.9. The molecule has 0 atom stereocenters. The summed E-state index contributed by atoms with van der Waals surface area (Å²) in [5.41, 5.74) is 5.21. The van der Waals surface area contributed by atoms with Crippen molar-refractivity contribution in [1.82, 2.24) is 14.9 Å². The third kappa shape index (κ3) is 5.57. The van der Waals surface area contributed by atoms with E-state index in [1.54, 1.807) is 6.20 Å². The first kappa shape index (κ1) is 20.9. The highest BCUT2D eigenvalue weighted by Crippen LogP contribution is 2.24. The fourth-order valence-electron chi connectivity index (χ4n) is 3.01. The Hall–Kier alpha value is -2.86. The van der Waals surface area contributed by atoms with Crippen LogP contribution in [0.4, 0.5) is 0 Å². The average molecular weight is 408 g/mol. The molecular weight excluding hydrogens is 382 g/mol. The van der Waals surface area contributed by atoms with Crippen LogP contribution in [0.2, 0.25) is 0 Å². The van der Waals surface area contributed by atoms with Gasteiger partial charge in [-0.1, -0.05) is 48.2 Å². The van der Waals surface area contributed by atoms with Crippen LogP contribution >= 0.6 is 11.8 Å². The number of nitrogens with one attached hydrogen (secondary N) is 1. The predicted octanol–water partition coefficient (Wildman–Crippen LogP) is 4.14. The Kier molecular flexibility index (Phi) is 6.88. The van der Waals surface area contributed by atoms with E-state index in [4.69, 9.17) is 0 Å². The van der Waals surface area contributed by atoms with Crippen LogP contribution < -0.4 is 5.32 Å². The van der Waals surface area contributed by atoms with E-state index in [1.165, 1.54) is 24.2 Å². The summed E-state index contributed by atoms with van der Waals surface area (Å²) in [4.78, 5) is 28.0. The van der Waals surface area contributed by atoms with Crippen molar-refractivity contribution in [3.05, 3.63) is 77.1 Å². The molecule has 29 heavy (non-hydrogen) atoms. The summed E-state index contributed by atoms with van der Waals surface area (Å²) in [7, 11) is 0. The van der Waals surface area contributed by atoms with Crippen LogP contribution in [0, 0.1) is 13.8 Å². The number of aryl methyl sites for hydroxylation is 2. The van der Waals surface area contributed by atoms with Gasteiger partial charge in [-0.15, -0.1) is 0 Å². The number of carbonyl (C=O) groups is 2. The summed E-state index contributed by atoms with van der Waals surface area (Å²) in [6.45, 7) is 6.24. The first-order chi connectivity index (χ1) is 13.9. The number of benzene rings is 2. The van der Waals surface area contributed by atoms with Crippen LogP contribution in [0.3, 0.4) is 0 Å². The molecule has 1 heterocycles. The summed E-state index contributed by atoms with van der Waals surface area (Å²) in [5.74, 6) is 0.361. The third-order valence-electron chi connectivity index (χ3n) is 4.63. The molecule has 0 unspecified atom stereocenters. The highest BCUT2D eigenvalue weighted by molar-refractivity contribution is 7.99. The second-order valence-corrected chi connectivity index (χ2v) is 7.95. The van der Waals surface area contributed by atoms with Crippen molar-refractivity contribution < 1.29 is 9.59 Å². The molecule has 6 heteroatoms. The lowest BCUT2D eigenvalue weighted by Crippen LogP contribution is -2.22. The van der Waals surface area contributed by atoms with E-state index in [0.29, 0.717) is 17.9 Å². The fourth-order valence-corrected chi connectivity index (χ4v) is 3.87. The number of hydrogen-bond acceptors (Lipinski definition) is 4. The van der Waals surface area contributed by atoms with Gasteiger partial charge < -0.3 is 5.32 Å². The molecule has 0 spiro atoms. The molecular formula is C23H25N3O2S. The molecule has 2 aromatic carbocycles. The lowest BCUT2D eigenvalue weighted by atomic mass is 10.1. The van der Waals surface area contributed by atoms with E-state index in [9.17, 15) is 9.59 Å². The molecule has 0 fully saturated rings. The SMILES string of the molecule is CC(=O)NCCc1ccc(C(=O)CSc2nccn2-c2cc(C)ccc2C)cc1. The van der Waals surface area contributed by atoms with E-state index in [0.717, 1.165) is 28.4 Å². The Balaban J connectivity index is 1.62. The van der Waals surface area contributed by atoms with Crippen molar-refractivity contribution in [2.45, 2.75) is 32.3 Å². The number of Topliss-reactive ketones (excluding diaryl/α,β-unsaturated/α-hetero) is 1. The third-order valence-corrected chi connectivity index (χ3v) is 5.59. The maximum Gasteiger partial charge on any atom is 0.216 e. The molecule has 5 nitrogen and oxygen atoms in total. The van der Waals surface area contributed by atoms with Gasteiger partial charge in [0.25, 0.3) is 0 Å². The quantitative estimate of drug-likeness (QED) is 0.450. The van der Waals surface area contributed by atoms with E-state index >= 15 is 0 Å². The van der Waals surface area contributed by atoms with Gasteiger partial charge in [0.2, 0.25) is 5.91 Å². The zero-order chi connectivity index (χ0) is 20.8. The van der Waals surface area contributed by atoms with Gasteiger partial charge in [0.15, 0.2) is 10.9 Å². The van der Waals surface area contributed by atoms with Gasteiger partial charge in [0.05, 0.1) is 11.4 Å². The number of amides is 1. The van der Waals surface area contributed by atoms with Gasteiger partial charge in [-0.3, -0.25) is 14.2 Å². The van der Waals surface area contributed by atoms with Gasteiger partial charge in [-0.2, -0.15) is 0 Å². The van der Waals surface area contributed by atoms with Crippen molar-refractivity contribution in [3.8, 4) is 5.69 Å². The first-order valence-electron chi connectivity index (χ1n) is 9.54. The summed E-state index contributed by atoms with van der Waals surface area (Å²) < 4.78 is 2.03. The smallest absolute Gasteiger partial charge is 0.216 e. The number of aromatic nitrogens is 2. The van der Waals surface area contributed by atoms with Crippen LogP contribution in [0.5, 0.6) is 0 Å². The molecule has 1 amide bonds. The predicted molar refractivity (Wildman–Crippen MR) is 117 cm³/mol. The molecule has 0 radical (unpaired) electrons. The second-order valence-electron chi connectivity index (χ2n) is 7.01. The Morgan fingerprint density at radius 2 is 1.86 bits per heavy atom. The maximum absolute atomic E-state index is 12.6. The minimum absolute atomic E-state index is 0.0342. The second kappa shape index (κ2) is 9.56. The van der Waals surface area contributed by atoms with Crippen LogP contribution in [-0.4, -0.2) is 33.5 Å². The Morgan fingerprint density at radius 1 is 1.10 bits per heavy atom. The van der Waals surface area contributed by atoms with Gasteiger partial charge >= 0.3 is 0 Å². The monoisotopic (exact) mass is 407 g/mol. The summed E-state index contributed by atoms with van der Waals surface area (Å²) in [6.07, 6.45) is 4.44. The number of ketones is 1. The number of carbonyl (C=O) groups excluding carboxylic acids is 2. The highest BCUT2D eigenvalue weighted by Gasteiger charge is 2.12. The topological polar surface area (TPSA) is 64.0 Å². The highest BCUT2D eigenvalue weighted by atomic mass is 32.2. The largest absolute Gasteiger partial charge is 0.356 e. The number of nitrogens with zero attached hydrogens (tertiary/aromatic N) is 2. The standard InChI is InChI=1S/C23H25N3O2S/c1-16-4-5-17(2)21(14-16)26-13-12-25-23(26)29-15-22(28)20-8-6-19(7-9-20)10-11-24-18(3)27/h4-9,12-14H,10-11,15H2,1-3H3,(H,24,27). The molecule has 0 saturated heterocycles. The normalized spacial score (nSPS) is 10.7.